The van der Waals surface area contributed by atoms with Crippen molar-refractivity contribution >= 4 is 22.9 Å². The van der Waals surface area contributed by atoms with Crippen molar-refractivity contribution in [2.24, 2.45) is 0 Å². The van der Waals surface area contributed by atoms with Gasteiger partial charge in [-0.25, -0.2) is 3.53 Å². The Kier molecular flexibility index (Phi) is 3.83. The SMILES string of the molecule is FC(F)(F)C(NI)(C(F)(F)F)C(F)(F)F. The van der Waals surface area contributed by atoms with E-state index in [9.17, 15) is 39.5 Å². The van der Waals surface area contributed by atoms with Crippen molar-refractivity contribution in [1.82, 2.24) is 3.53 Å². The number of rotatable bonds is 1. The van der Waals surface area contributed by atoms with Crippen molar-refractivity contribution < 1.29 is 39.5 Å². The first kappa shape index (κ1) is 15.1. The Labute approximate surface area is 90.5 Å². The highest BCUT2D eigenvalue weighted by Crippen LogP contribution is 2.52. The lowest BCUT2D eigenvalue weighted by Gasteiger charge is -2.37. The van der Waals surface area contributed by atoms with E-state index in [1.807, 2.05) is 0 Å². The van der Waals surface area contributed by atoms with Crippen LogP contribution in [-0.4, -0.2) is 24.1 Å². The molecule has 0 rings (SSSR count). The van der Waals surface area contributed by atoms with E-state index in [4.69, 9.17) is 0 Å². The van der Waals surface area contributed by atoms with Gasteiger partial charge in [-0.05, 0) is 0 Å². The quantitative estimate of drug-likeness (QED) is 0.429. The fourth-order valence-electron chi connectivity index (χ4n) is 0.643. The van der Waals surface area contributed by atoms with Gasteiger partial charge in [-0.3, -0.25) is 0 Å². The topological polar surface area (TPSA) is 12.0 Å². The molecule has 15 heavy (non-hydrogen) atoms. The Balaban J connectivity index is 5.78. The smallest absolute Gasteiger partial charge is 0.231 e. The molecule has 0 atom stereocenters. The largest absolute Gasteiger partial charge is 0.425 e. The van der Waals surface area contributed by atoms with Gasteiger partial charge in [0.2, 0.25) is 0 Å². The van der Waals surface area contributed by atoms with Crippen LogP contribution >= 0.6 is 22.9 Å². The first-order valence-electron chi connectivity index (χ1n) is 2.89. The maximum Gasteiger partial charge on any atom is 0.425 e. The number of hydrogen-bond donors (Lipinski definition) is 1. The van der Waals surface area contributed by atoms with E-state index in [2.05, 4.69) is 0 Å². The average Bonchev–Trinajstić information content (AvgIpc) is 1.76. The molecule has 1 nitrogen and oxygen atoms in total. The molecule has 0 aliphatic heterocycles. The molecule has 0 heterocycles. The average molecular weight is 361 g/mol. The molecule has 92 valence electrons. The standard InChI is InChI=1S/C4HF9IN/c5-2(6,7)1(15-14,3(8,9)10)4(11,12)13/h15H. The van der Waals surface area contributed by atoms with E-state index in [0.717, 1.165) is 0 Å². The van der Waals surface area contributed by atoms with Crippen LogP contribution in [0.5, 0.6) is 0 Å². The number of hydrogen-bond acceptors (Lipinski definition) is 1. The molecule has 0 radical (unpaired) electrons. The van der Waals surface area contributed by atoms with Crippen LogP contribution in [0.4, 0.5) is 39.5 Å². The molecule has 0 aromatic heterocycles. The molecule has 0 spiro atoms. The molecular formula is C4HF9IN. The molecular weight excluding hydrogens is 360 g/mol. The van der Waals surface area contributed by atoms with Crippen LogP contribution in [0.2, 0.25) is 0 Å². The molecule has 0 unspecified atom stereocenters. The summed E-state index contributed by atoms with van der Waals surface area (Å²) in [6, 6.07) is 0. The van der Waals surface area contributed by atoms with Crippen molar-refractivity contribution in [2.45, 2.75) is 24.1 Å². The summed E-state index contributed by atoms with van der Waals surface area (Å²) in [7, 11) is 0. The third-order valence-electron chi connectivity index (χ3n) is 1.42. The summed E-state index contributed by atoms with van der Waals surface area (Å²) >= 11 is 0.168. The molecule has 0 aliphatic rings. The van der Waals surface area contributed by atoms with Crippen molar-refractivity contribution in [3.8, 4) is 0 Å². The van der Waals surface area contributed by atoms with Crippen LogP contribution in [0.1, 0.15) is 0 Å². The highest BCUT2D eigenvalue weighted by Gasteiger charge is 2.83. The van der Waals surface area contributed by atoms with Crippen LogP contribution in [0, 0.1) is 0 Å². The summed E-state index contributed by atoms with van der Waals surface area (Å²) < 4.78 is 107. The van der Waals surface area contributed by atoms with Crippen LogP contribution in [0.3, 0.4) is 0 Å². The first-order valence-corrected chi connectivity index (χ1v) is 3.97. The molecule has 0 aromatic carbocycles. The zero-order valence-corrected chi connectivity index (χ0v) is 8.44. The van der Waals surface area contributed by atoms with Crippen molar-refractivity contribution in [1.29, 1.82) is 0 Å². The molecule has 11 heteroatoms. The van der Waals surface area contributed by atoms with Gasteiger partial charge < -0.3 is 0 Å². The third kappa shape index (κ3) is 2.26. The summed E-state index contributed by atoms with van der Waals surface area (Å²) in [5.74, 6) is 0. The zero-order chi connectivity index (χ0) is 12.7. The van der Waals surface area contributed by atoms with Gasteiger partial charge in [-0.2, -0.15) is 39.5 Å². The number of alkyl halides is 9. The molecule has 0 bridgehead atoms. The van der Waals surface area contributed by atoms with E-state index >= 15 is 0 Å². The predicted molar refractivity (Wildman–Crippen MR) is 38.1 cm³/mol. The minimum absolute atomic E-state index is 0.168. The summed E-state index contributed by atoms with van der Waals surface area (Å²) in [6.45, 7) is 0. The van der Waals surface area contributed by atoms with Gasteiger partial charge in [0.05, 0.1) is 0 Å². The molecule has 0 amide bonds. The van der Waals surface area contributed by atoms with E-state index in [1.165, 1.54) is 0 Å². The molecule has 1 N–H and O–H groups in total. The third-order valence-corrected chi connectivity index (χ3v) is 2.23. The van der Waals surface area contributed by atoms with E-state index < -0.39 is 24.1 Å². The Morgan fingerprint density at radius 2 is 0.800 bits per heavy atom. The van der Waals surface area contributed by atoms with Gasteiger partial charge >= 0.3 is 24.1 Å². The highest BCUT2D eigenvalue weighted by molar-refractivity contribution is 14.1. The minimum atomic E-state index is -6.54. The van der Waals surface area contributed by atoms with Crippen molar-refractivity contribution in [3.05, 3.63) is 0 Å². The predicted octanol–water partition coefficient (Wildman–Crippen LogP) is 3.35. The lowest BCUT2D eigenvalue weighted by Crippen LogP contribution is -2.71. The second kappa shape index (κ2) is 3.82. The summed E-state index contributed by atoms with van der Waals surface area (Å²) in [4.78, 5) is 0. The maximum atomic E-state index is 11.9. The van der Waals surface area contributed by atoms with E-state index in [1.54, 1.807) is 0 Å². The molecule has 0 saturated heterocycles. The highest BCUT2D eigenvalue weighted by atomic mass is 127. The van der Waals surface area contributed by atoms with Gasteiger partial charge in [-0.1, -0.05) is 0 Å². The Morgan fingerprint density at radius 3 is 0.800 bits per heavy atom. The van der Waals surface area contributed by atoms with Gasteiger partial charge in [0.1, 0.15) is 0 Å². The monoisotopic (exact) mass is 361 g/mol. The fraction of sp³-hybridized carbons (Fsp3) is 1.00. The molecule has 0 fully saturated rings. The van der Waals surface area contributed by atoms with E-state index in [0.29, 0.717) is 0 Å². The lowest BCUT2D eigenvalue weighted by molar-refractivity contribution is -0.382. The van der Waals surface area contributed by atoms with Gasteiger partial charge in [-0.15, -0.1) is 0 Å². The molecule has 0 aromatic rings. The Hall–Kier alpha value is 0.0600. The lowest BCUT2D eigenvalue weighted by atomic mass is 9.99. The van der Waals surface area contributed by atoms with Crippen LogP contribution in [-0.2, 0) is 0 Å². The Bertz CT molecular complexity index is 188. The summed E-state index contributed by atoms with van der Waals surface area (Å²) in [6.07, 6.45) is -19.6. The van der Waals surface area contributed by atoms with Crippen molar-refractivity contribution in [3.63, 3.8) is 0 Å². The number of nitrogens with one attached hydrogen (secondary N) is 1. The van der Waals surface area contributed by atoms with E-state index in [-0.39, 0.29) is 26.4 Å². The van der Waals surface area contributed by atoms with Gasteiger partial charge in [0.15, 0.2) is 0 Å². The van der Waals surface area contributed by atoms with Gasteiger partial charge in [0, 0.05) is 22.9 Å². The minimum Gasteiger partial charge on any atom is -0.231 e. The second-order valence-electron chi connectivity index (χ2n) is 2.34. The fourth-order valence-corrected chi connectivity index (χ4v) is 1.56. The van der Waals surface area contributed by atoms with Gasteiger partial charge in [0.25, 0.3) is 0 Å². The normalized spacial score (nSPS) is 15.6. The summed E-state index contributed by atoms with van der Waals surface area (Å²) in [5, 5.41) is 0. The molecule has 0 saturated carbocycles. The van der Waals surface area contributed by atoms with Crippen LogP contribution in [0.15, 0.2) is 0 Å². The number of halogens is 10. The first-order chi connectivity index (χ1) is 6.31. The Morgan fingerprint density at radius 1 is 0.600 bits per heavy atom. The van der Waals surface area contributed by atoms with Crippen LogP contribution in [0.25, 0.3) is 0 Å². The maximum absolute atomic E-state index is 11.9. The van der Waals surface area contributed by atoms with Crippen molar-refractivity contribution in [2.75, 3.05) is 0 Å². The summed E-state index contributed by atoms with van der Waals surface area (Å²) in [5.41, 5.74) is -5.91. The second-order valence-corrected chi connectivity index (χ2v) is 2.88. The van der Waals surface area contributed by atoms with Crippen LogP contribution < -0.4 is 3.53 Å². The molecule has 0 aliphatic carbocycles. The zero-order valence-electron chi connectivity index (χ0n) is 6.28.